The molecule has 0 aromatic heterocycles. The number of hydrogen-bond donors (Lipinski definition) is 2. The van der Waals surface area contributed by atoms with Gasteiger partial charge in [0.05, 0.1) is 0 Å². The summed E-state index contributed by atoms with van der Waals surface area (Å²) in [7, 11) is 0. The van der Waals surface area contributed by atoms with E-state index in [0.29, 0.717) is 0 Å². The van der Waals surface area contributed by atoms with Crippen molar-refractivity contribution in [2.24, 2.45) is 0 Å². The van der Waals surface area contributed by atoms with Crippen molar-refractivity contribution in [1.29, 1.82) is 0 Å². The standard InChI is InChI=1S/C18H24N2/c1-2-3-4-13-20-18-11-7-16(8-12-18)14-15-5-9-17(19)10-6-15/h5-12,20H,2-4,13-14,19H2,1H3. The summed E-state index contributed by atoms with van der Waals surface area (Å²) < 4.78 is 0. The molecule has 0 amide bonds. The Morgan fingerprint density at radius 2 is 1.45 bits per heavy atom. The Balaban J connectivity index is 1.86. The van der Waals surface area contributed by atoms with E-state index in [2.05, 4.69) is 48.6 Å². The highest BCUT2D eigenvalue weighted by Crippen LogP contribution is 2.15. The van der Waals surface area contributed by atoms with Crippen molar-refractivity contribution in [3.63, 3.8) is 0 Å². The predicted molar refractivity (Wildman–Crippen MR) is 88.1 cm³/mol. The Morgan fingerprint density at radius 3 is 2.05 bits per heavy atom. The van der Waals surface area contributed by atoms with E-state index in [9.17, 15) is 0 Å². The van der Waals surface area contributed by atoms with Crippen molar-refractivity contribution in [3.8, 4) is 0 Å². The largest absolute Gasteiger partial charge is 0.399 e. The van der Waals surface area contributed by atoms with Gasteiger partial charge in [0.25, 0.3) is 0 Å². The SMILES string of the molecule is CCCCCNc1ccc(Cc2ccc(N)cc2)cc1. The molecule has 2 aromatic carbocycles. The molecule has 0 heterocycles. The summed E-state index contributed by atoms with van der Waals surface area (Å²) in [6.45, 7) is 3.29. The minimum Gasteiger partial charge on any atom is -0.399 e. The molecule has 0 aliphatic rings. The lowest BCUT2D eigenvalue weighted by molar-refractivity contribution is 0.744. The second-order valence-electron chi connectivity index (χ2n) is 5.25. The van der Waals surface area contributed by atoms with Gasteiger partial charge < -0.3 is 11.1 Å². The lowest BCUT2D eigenvalue weighted by Crippen LogP contribution is -2.01. The first-order chi connectivity index (χ1) is 9.78. The number of hydrogen-bond acceptors (Lipinski definition) is 2. The Bertz CT molecular complexity index is 500. The number of rotatable bonds is 7. The van der Waals surface area contributed by atoms with Gasteiger partial charge in [0.15, 0.2) is 0 Å². The van der Waals surface area contributed by atoms with Gasteiger partial charge in [-0.3, -0.25) is 0 Å². The van der Waals surface area contributed by atoms with Crippen LogP contribution < -0.4 is 11.1 Å². The van der Waals surface area contributed by atoms with E-state index in [4.69, 9.17) is 5.73 Å². The van der Waals surface area contributed by atoms with E-state index in [1.54, 1.807) is 0 Å². The van der Waals surface area contributed by atoms with Crippen LogP contribution >= 0.6 is 0 Å². The molecule has 0 saturated heterocycles. The number of unbranched alkanes of at least 4 members (excludes halogenated alkanes) is 2. The van der Waals surface area contributed by atoms with Crippen LogP contribution in [-0.2, 0) is 6.42 Å². The molecule has 106 valence electrons. The Morgan fingerprint density at radius 1 is 0.850 bits per heavy atom. The van der Waals surface area contributed by atoms with E-state index >= 15 is 0 Å². The lowest BCUT2D eigenvalue weighted by Gasteiger charge is -2.07. The number of nitrogen functional groups attached to an aromatic ring is 1. The molecular weight excluding hydrogens is 244 g/mol. The summed E-state index contributed by atoms with van der Waals surface area (Å²) in [6.07, 6.45) is 4.75. The minimum absolute atomic E-state index is 0.820. The van der Waals surface area contributed by atoms with Gasteiger partial charge in [-0.25, -0.2) is 0 Å². The highest BCUT2D eigenvalue weighted by Gasteiger charge is 1.97. The predicted octanol–water partition coefficient (Wildman–Crippen LogP) is 4.46. The molecule has 2 heteroatoms. The second-order valence-corrected chi connectivity index (χ2v) is 5.25. The number of anilines is 2. The van der Waals surface area contributed by atoms with Gasteiger partial charge >= 0.3 is 0 Å². The maximum absolute atomic E-state index is 5.70. The van der Waals surface area contributed by atoms with Crippen LogP contribution in [-0.4, -0.2) is 6.54 Å². The summed E-state index contributed by atoms with van der Waals surface area (Å²) in [5.41, 5.74) is 10.4. The van der Waals surface area contributed by atoms with Gasteiger partial charge in [-0.05, 0) is 48.2 Å². The maximum Gasteiger partial charge on any atom is 0.0340 e. The molecule has 0 aliphatic heterocycles. The van der Waals surface area contributed by atoms with E-state index in [0.717, 1.165) is 18.7 Å². The summed E-state index contributed by atoms with van der Waals surface area (Å²) >= 11 is 0. The second kappa shape index (κ2) is 7.59. The van der Waals surface area contributed by atoms with Gasteiger partial charge in [-0.15, -0.1) is 0 Å². The van der Waals surface area contributed by atoms with Gasteiger partial charge in [0, 0.05) is 17.9 Å². The molecule has 0 spiro atoms. The molecule has 2 nitrogen and oxygen atoms in total. The first kappa shape index (κ1) is 14.4. The zero-order chi connectivity index (χ0) is 14.2. The average molecular weight is 268 g/mol. The zero-order valence-electron chi connectivity index (χ0n) is 12.2. The smallest absolute Gasteiger partial charge is 0.0340 e. The van der Waals surface area contributed by atoms with E-state index in [1.165, 1.54) is 36.1 Å². The Hall–Kier alpha value is -1.96. The average Bonchev–Trinajstić information content (AvgIpc) is 2.48. The van der Waals surface area contributed by atoms with Crippen LogP contribution in [0.15, 0.2) is 48.5 Å². The van der Waals surface area contributed by atoms with Crippen molar-refractivity contribution in [1.82, 2.24) is 0 Å². The molecule has 0 fully saturated rings. The third-order valence-electron chi connectivity index (χ3n) is 3.45. The monoisotopic (exact) mass is 268 g/mol. The van der Waals surface area contributed by atoms with Crippen molar-refractivity contribution in [3.05, 3.63) is 59.7 Å². The fourth-order valence-corrected chi connectivity index (χ4v) is 2.22. The Kier molecular flexibility index (Phi) is 5.48. The van der Waals surface area contributed by atoms with E-state index in [-0.39, 0.29) is 0 Å². The quantitative estimate of drug-likeness (QED) is 0.574. The summed E-state index contributed by atoms with van der Waals surface area (Å²) in [5, 5.41) is 3.46. The highest BCUT2D eigenvalue weighted by molar-refractivity contribution is 5.46. The molecule has 0 radical (unpaired) electrons. The molecule has 0 unspecified atom stereocenters. The van der Waals surface area contributed by atoms with Crippen molar-refractivity contribution in [2.75, 3.05) is 17.6 Å². The van der Waals surface area contributed by atoms with Crippen molar-refractivity contribution in [2.45, 2.75) is 32.6 Å². The van der Waals surface area contributed by atoms with E-state index < -0.39 is 0 Å². The maximum atomic E-state index is 5.70. The third-order valence-corrected chi connectivity index (χ3v) is 3.45. The molecular formula is C18H24N2. The zero-order valence-corrected chi connectivity index (χ0v) is 12.2. The topological polar surface area (TPSA) is 38.0 Å². The van der Waals surface area contributed by atoms with Crippen LogP contribution in [0.5, 0.6) is 0 Å². The molecule has 20 heavy (non-hydrogen) atoms. The highest BCUT2D eigenvalue weighted by atomic mass is 14.9. The Labute approximate surface area is 122 Å². The van der Waals surface area contributed by atoms with Crippen LogP contribution in [0.2, 0.25) is 0 Å². The molecule has 0 bridgehead atoms. The first-order valence-electron chi connectivity index (χ1n) is 7.45. The third kappa shape index (κ3) is 4.61. The summed E-state index contributed by atoms with van der Waals surface area (Å²) in [4.78, 5) is 0. The van der Waals surface area contributed by atoms with Gasteiger partial charge in [-0.2, -0.15) is 0 Å². The first-order valence-corrected chi connectivity index (χ1v) is 7.45. The molecule has 2 rings (SSSR count). The van der Waals surface area contributed by atoms with Gasteiger partial charge in [-0.1, -0.05) is 44.0 Å². The van der Waals surface area contributed by atoms with Crippen molar-refractivity contribution >= 4 is 11.4 Å². The molecule has 0 atom stereocenters. The summed E-state index contributed by atoms with van der Waals surface area (Å²) in [6, 6.07) is 16.8. The van der Waals surface area contributed by atoms with Crippen LogP contribution in [0.4, 0.5) is 11.4 Å². The van der Waals surface area contributed by atoms with Crippen LogP contribution in [0.3, 0.4) is 0 Å². The number of benzene rings is 2. The fraction of sp³-hybridized carbons (Fsp3) is 0.333. The number of nitrogens with one attached hydrogen (secondary N) is 1. The van der Waals surface area contributed by atoms with Crippen LogP contribution in [0.25, 0.3) is 0 Å². The van der Waals surface area contributed by atoms with Gasteiger partial charge in [0.2, 0.25) is 0 Å². The van der Waals surface area contributed by atoms with Crippen molar-refractivity contribution < 1.29 is 0 Å². The minimum atomic E-state index is 0.820. The summed E-state index contributed by atoms with van der Waals surface area (Å²) in [5.74, 6) is 0. The van der Waals surface area contributed by atoms with Crippen LogP contribution in [0.1, 0.15) is 37.3 Å². The fourth-order valence-electron chi connectivity index (χ4n) is 2.22. The van der Waals surface area contributed by atoms with Gasteiger partial charge in [0.1, 0.15) is 0 Å². The number of nitrogens with two attached hydrogens (primary N) is 1. The molecule has 0 aliphatic carbocycles. The van der Waals surface area contributed by atoms with E-state index in [1.807, 2.05) is 12.1 Å². The molecule has 0 saturated carbocycles. The lowest BCUT2D eigenvalue weighted by atomic mass is 10.0. The molecule has 2 aromatic rings. The molecule has 3 N–H and O–H groups in total. The normalized spacial score (nSPS) is 10.4. The van der Waals surface area contributed by atoms with Crippen LogP contribution in [0, 0.1) is 0 Å².